The standard InChI is InChI=1S/C16H23N5OS/c1-19(10-15-6-4-8-23-15)16(22)11-20-7-3-2-5-14(20)9-21-13-17-12-18-21/h4,6,8,12-14H,2-3,5,7,9-11H2,1H3/t14-/m0/s1. The Bertz CT molecular complexity index is 598. The average molecular weight is 333 g/mol. The van der Waals surface area contributed by atoms with E-state index >= 15 is 0 Å². The Hall–Kier alpha value is -1.73. The van der Waals surface area contributed by atoms with Gasteiger partial charge in [0.05, 0.1) is 19.6 Å². The van der Waals surface area contributed by atoms with Gasteiger partial charge in [-0.25, -0.2) is 4.98 Å². The molecule has 7 heteroatoms. The van der Waals surface area contributed by atoms with E-state index in [0.717, 1.165) is 25.9 Å². The molecule has 3 rings (SSSR count). The van der Waals surface area contributed by atoms with Crippen LogP contribution in [0.1, 0.15) is 24.1 Å². The highest BCUT2D eigenvalue weighted by atomic mass is 32.1. The lowest BCUT2D eigenvalue weighted by Gasteiger charge is -2.35. The summed E-state index contributed by atoms with van der Waals surface area (Å²) in [7, 11) is 1.89. The van der Waals surface area contributed by atoms with Crippen molar-refractivity contribution < 1.29 is 4.79 Å². The molecular formula is C16H23N5OS. The molecule has 1 aliphatic heterocycles. The smallest absolute Gasteiger partial charge is 0.236 e. The molecule has 0 radical (unpaired) electrons. The molecule has 2 aromatic heterocycles. The van der Waals surface area contributed by atoms with Gasteiger partial charge in [0.2, 0.25) is 5.91 Å². The van der Waals surface area contributed by atoms with Gasteiger partial charge in [0.1, 0.15) is 12.7 Å². The van der Waals surface area contributed by atoms with Crippen molar-refractivity contribution in [3.05, 3.63) is 35.0 Å². The lowest BCUT2D eigenvalue weighted by atomic mass is 10.0. The van der Waals surface area contributed by atoms with Gasteiger partial charge in [0.25, 0.3) is 0 Å². The summed E-state index contributed by atoms with van der Waals surface area (Å²) in [5.41, 5.74) is 0. The topological polar surface area (TPSA) is 54.3 Å². The fraction of sp³-hybridized carbons (Fsp3) is 0.562. The van der Waals surface area contributed by atoms with Crippen LogP contribution in [0.5, 0.6) is 0 Å². The Kier molecular flexibility index (Phi) is 5.40. The Morgan fingerprint density at radius 2 is 2.39 bits per heavy atom. The Morgan fingerprint density at radius 3 is 3.13 bits per heavy atom. The highest BCUT2D eigenvalue weighted by Gasteiger charge is 2.26. The molecule has 3 heterocycles. The lowest BCUT2D eigenvalue weighted by Crippen LogP contribution is -2.47. The first-order valence-corrected chi connectivity index (χ1v) is 8.93. The van der Waals surface area contributed by atoms with Gasteiger partial charge in [-0.2, -0.15) is 5.10 Å². The van der Waals surface area contributed by atoms with Crippen LogP contribution in [0.2, 0.25) is 0 Å². The number of likely N-dealkylation sites (tertiary alicyclic amines) is 1. The minimum Gasteiger partial charge on any atom is -0.340 e. The number of amides is 1. The molecule has 1 saturated heterocycles. The zero-order chi connectivity index (χ0) is 16.1. The van der Waals surface area contributed by atoms with Gasteiger partial charge in [0.15, 0.2) is 0 Å². The van der Waals surface area contributed by atoms with Crippen LogP contribution < -0.4 is 0 Å². The van der Waals surface area contributed by atoms with Gasteiger partial charge in [-0.05, 0) is 30.8 Å². The minimum absolute atomic E-state index is 0.184. The maximum absolute atomic E-state index is 12.5. The Labute approximate surface area is 140 Å². The highest BCUT2D eigenvalue weighted by molar-refractivity contribution is 7.09. The van der Waals surface area contributed by atoms with E-state index in [4.69, 9.17) is 0 Å². The first-order chi connectivity index (χ1) is 11.2. The second-order valence-electron chi connectivity index (χ2n) is 6.07. The van der Waals surface area contributed by atoms with E-state index < -0.39 is 0 Å². The molecule has 0 spiro atoms. The summed E-state index contributed by atoms with van der Waals surface area (Å²) in [5.74, 6) is 0.184. The van der Waals surface area contributed by atoms with Gasteiger partial charge in [-0.1, -0.05) is 12.5 Å². The molecule has 0 N–H and O–H groups in total. The first-order valence-electron chi connectivity index (χ1n) is 8.05. The normalized spacial score (nSPS) is 18.9. The van der Waals surface area contributed by atoms with Crippen LogP contribution in [-0.4, -0.2) is 56.7 Å². The van der Waals surface area contributed by atoms with Crippen molar-refractivity contribution in [3.63, 3.8) is 0 Å². The molecule has 0 saturated carbocycles. The van der Waals surface area contributed by atoms with Crippen LogP contribution in [0.25, 0.3) is 0 Å². The third-order valence-corrected chi connectivity index (χ3v) is 5.21. The predicted octanol–water partition coefficient (Wildman–Crippen LogP) is 1.85. The number of hydrogen-bond acceptors (Lipinski definition) is 5. The molecule has 0 bridgehead atoms. The average Bonchev–Trinajstić information content (AvgIpc) is 3.23. The molecule has 6 nitrogen and oxygen atoms in total. The van der Waals surface area contributed by atoms with Gasteiger partial charge < -0.3 is 4.90 Å². The third kappa shape index (κ3) is 4.39. The summed E-state index contributed by atoms with van der Waals surface area (Å²) in [6, 6.07) is 4.46. The summed E-state index contributed by atoms with van der Waals surface area (Å²) in [6.07, 6.45) is 6.80. The van der Waals surface area contributed by atoms with Crippen LogP contribution >= 0.6 is 11.3 Å². The molecule has 23 heavy (non-hydrogen) atoms. The fourth-order valence-electron chi connectivity index (χ4n) is 3.04. The van der Waals surface area contributed by atoms with Gasteiger partial charge in [-0.3, -0.25) is 14.4 Å². The number of carbonyl (C=O) groups is 1. The van der Waals surface area contributed by atoms with Crippen molar-refractivity contribution in [2.75, 3.05) is 20.1 Å². The van der Waals surface area contributed by atoms with Crippen LogP contribution in [0.15, 0.2) is 30.2 Å². The maximum Gasteiger partial charge on any atom is 0.236 e. The van der Waals surface area contributed by atoms with Gasteiger partial charge in [0, 0.05) is 18.0 Å². The zero-order valence-electron chi connectivity index (χ0n) is 13.5. The molecule has 0 unspecified atom stereocenters. The summed E-state index contributed by atoms with van der Waals surface area (Å²) in [6.45, 7) is 2.97. The molecular weight excluding hydrogens is 310 g/mol. The van der Waals surface area contributed by atoms with Crippen LogP contribution in [0, 0.1) is 0 Å². The Morgan fingerprint density at radius 1 is 1.48 bits per heavy atom. The number of likely N-dealkylation sites (N-methyl/N-ethyl adjacent to an activating group) is 1. The number of hydrogen-bond donors (Lipinski definition) is 0. The molecule has 0 aromatic carbocycles. The molecule has 1 atom stereocenters. The molecule has 2 aromatic rings. The fourth-order valence-corrected chi connectivity index (χ4v) is 3.79. The maximum atomic E-state index is 12.5. The number of carbonyl (C=O) groups excluding carboxylic acids is 1. The van der Waals surface area contributed by atoms with Crippen molar-refractivity contribution >= 4 is 17.2 Å². The van der Waals surface area contributed by atoms with Crippen LogP contribution in [0.3, 0.4) is 0 Å². The predicted molar refractivity (Wildman–Crippen MR) is 90.0 cm³/mol. The largest absolute Gasteiger partial charge is 0.340 e. The SMILES string of the molecule is CN(Cc1cccs1)C(=O)CN1CCCC[C@H]1Cn1cncn1. The van der Waals surface area contributed by atoms with E-state index in [9.17, 15) is 4.79 Å². The number of aromatic nitrogens is 3. The number of nitrogens with zero attached hydrogens (tertiary/aromatic N) is 5. The molecule has 124 valence electrons. The van der Waals surface area contributed by atoms with E-state index in [1.807, 2.05) is 28.1 Å². The molecule has 1 aliphatic rings. The van der Waals surface area contributed by atoms with Crippen LogP contribution in [0.4, 0.5) is 0 Å². The third-order valence-electron chi connectivity index (χ3n) is 4.35. The van der Waals surface area contributed by atoms with E-state index in [1.54, 1.807) is 24.0 Å². The summed E-state index contributed by atoms with van der Waals surface area (Å²) < 4.78 is 1.86. The quantitative estimate of drug-likeness (QED) is 0.810. The summed E-state index contributed by atoms with van der Waals surface area (Å²) >= 11 is 1.69. The van der Waals surface area contributed by atoms with E-state index in [1.165, 1.54) is 11.3 Å². The summed E-state index contributed by atoms with van der Waals surface area (Å²) in [5, 5.41) is 6.24. The number of thiophene rings is 1. The number of rotatable bonds is 6. The minimum atomic E-state index is 0.184. The lowest BCUT2D eigenvalue weighted by molar-refractivity contribution is -0.132. The Balaban J connectivity index is 1.56. The zero-order valence-corrected chi connectivity index (χ0v) is 14.3. The van der Waals surface area contributed by atoms with E-state index in [0.29, 0.717) is 19.1 Å². The van der Waals surface area contributed by atoms with Crippen molar-refractivity contribution in [1.29, 1.82) is 0 Å². The second-order valence-corrected chi connectivity index (χ2v) is 7.10. The van der Waals surface area contributed by atoms with E-state index in [-0.39, 0.29) is 5.91 Å². The van der Waals surface area contributed by atoms with Gasteiger partial charge in [-0.15, -0.1) is 11.3 Å². The monoisotopic (exact) mass is 333 g/mol. The number of piperidine rings is 1. The second kappa shape index (κ2) is 7.70. The van der Waals surface area contributed by atoms with Crippen molar-refractivity contribution in [1.82, 2.24) is 24.6 Å². The summed E-state index contributed by atoms with van der Waals surface area (Å²) in [4.78, 5) is 21.9. The van der Waals surface area contributed by atoms with Crippen molar-refractivity contribution in [2.24, 2.45) is 0 Å². The van der Waals surface area contributed by atoms with Gasteiger partial charge >= 0.3 is 0 Å². The van der Waals surface area contributed by atoms with Crippen molar-refractivity contribution in [3.8, 4) is 0 Å². The van der Waals surface area contributed by atoms with E-state index in [2.05, 4.69) is 21.0 Å². The highest BCUT2D eigenvalue weighted by Crippen LogP contribution is 2.19. The molecule has 1 amide bonds. The molecule has 0 aliphatic carbocycles. The van der Waals surface area contributed by atoms with Crippen LogP contribution in [-0.2, 0) is 17.9 Å². The molecule has 1 fully saturated rings. The first kappa shape index (κ1) is 16.1. The van der Waals surface area contributed by atoms with Crippen molar-refractivity contribution in [2.45, 2.75) is 38.4 Å².